The normalized spacial score (nSPS) is 22.4. The lowest BCUT2D eigenvalue weighted by Crippen LogP contribution is -2.46. The Morgan fingerprint density at radius 2 is 1.91 bits per heavy atom. The lowest BCUT2D eigenvalue weighted by Gasteiger charge is -2.33. The SMILES string of the molecule is Cc1ccc2nccc(N3CCC(O)(CN(C)C(=O)CC4(CC(=O)O)CCCC4)C3)c2n1. The molecule has 8 nitrogen and oxygen atoms in total. The van der Waals surface area contributed by atoms with Crippen LogP contribution in [0.3, 0.4) is 0 Å². The van der Waals surface area contributed by atoms with Crippen LogP contribution in [0.25, 0.3) is 11.0 Å². The van der Waals surface area contributed by atoms with E-state index in [1.54, 1.807) is 18.1 Å². The first kappa shape index (κ1) is 22.5. The second-order valence-corrected chi connectivity index (χ2v) is 9.75. The highest BCUT2D eigenvalue weighted by Gasteiger charge is 2.42. The molecule has 4 rings (SSSR count). The van der Waals surface area contributed by atoms with Gasteiger partial charge in [0.05, 0.1) is 24.2 Å². The number of aliphatic carboxylic acids is 1. The first-order valence-electron chi connectivity index (χ1n) is 11.3. The van der Waals surface area contributed by atoms with Crippen LogP contribution in [0.2, 0.25) is 0 Å². The molecule has 0 spiro atoms. The van der Waals surface area contributed by atoms with E-state index >= 15 is 0 Å². The Morgan fingerprint density at radius 1 is 1.16 bits per heavy atom. The fourth-order valence-electron chi connectivity index (χ4n) is 5.40. The molecule has 32 heavy (non-hydrogen) atoms. The lowest BCUT2D eigenvalue weighted by atomic mass is 9.79. The first-order valence-corrected chi connectivity index (χ1v) is 11.3. The highest BCUT2D eigenvalue weighted by atomic mass is 16.4. The third-order valence-electron chi connectivity index (χ3n) is 7.05. The molecule has 2 N–H and O–H groups in total. The van der Waals surface area contributed by atoms with Crippen molar-refractivity contribution < 1.29 is 19.8 Å². The second-order valence-electron chi connectivity index (χ2n) is 9.75. The Bertz CT molecular complexity index is 1020. The van der Waals surface area contributed by atoms with E-state index in [-0.39, 0.29) is 25.3 Å². The molecule has 1 saturated heterocycles. The molecule has 0 radical (unpaired) electrons. The fourth-order valence-corrected chi connectivity index (χ4v) is 5.40. The van der Waals surface area contributed by atoms with Crippen LogP contribution in [0.15, 0.2) is 24.4 Å². The zero-order valence-corrected chi connectivity index (χ0v) is 18.9. The molecule has 1 aliphatic heterocycles. The number of amides is 1. The molecule has 1 unspecified atom stereocenters. The average molecular weight is 441 g/mol. The molecule has 1 aliphatic carbocycles. The average Bonchev–Trinajstić information content (AvgIpc) is 3.33. The highest BCUT2D eigenvalue weighted by molar-refractivity contribution is 5.88. The summed E-state index contributed by atoms with van der Waals surface area (Å²) >= 11 is 0. The number of aryl methyl sites for hydroxylation is 1. The Hall–Kier alpha value is -2.74. The molecule has 2 aromatic heterocycles. The Labute approximate surface area is 188 Å². The first-order chi connectivity index (χ1) is 15.2. The van der Waals surface area contributed by atoms with E-state index in [4.69, 9.17) is 0 Å². The minimum Gasteiger partial charge on any atom is -0.481 e. The zero-order chi connectivity index (χ0) is 22.9. The maximum atomic E-state index is 13.0. The number of anilines is 1. The Balaban J connectivity index is 1.43. The smallest absolute Gasteiger partial charge is 0.303 e. The van der Waals surface area contributed by atoms with Crippen LogP contribution in [0, 0.1) is 12.3 Å². The van der Waals surface area contributed by atoms with Crippen molar-refractivity contribution in [2.24, 2.45) is 5.41 Å². The number of aromatic nitrogens is 2. The minimum atomic E-state index is -1.03. The van der Waals surface area contributed by atoms with Gasteiger partial charge < -0.3 is 20.0 Å². The zero-order valence-electron chi connectivity index (χ0n) is 18.9. The van der Waals surface area contributed by atoms with Crippen molar-refractivity contribution in [2.45, 2.75) is 57.5 Å². The number of pyridine rings is 2. The van der Waals surface area contributed by atoms with Gasteiger partial charge in [0.2, 0.25) is 5.91 Å². The van der Waals surface area contributed by atoms with E-state index in [2.05, 4.69) is 14.9 Å². The summed E-state index contributed by atoms with van der Waals surface area (Å²) in [6.45, 7) is 3.23. The van der Waals surface area contributed by atoms with Gasteiger partial charge in [-0.05, 0) is 49.8 Å². The molecule has 0 bridgehead atoms. The summed E-state index contributed by atoms with van der Waals surface area (Å²) in [4.78, 5) is 37.0. The monoisotopic (exact) mass is 440 g/mol. The van der Waals surface area contributed by atoms with Crippen LogP contribution in [-0.2, 0) is 9.59 Å². The van der Waals surface area contributed by atoms with Crippen molar-refractivity contribution in [3.63, 3.8) is 0 Å². The number of nitrogens with zero attached hydrogens (tertiary/aromatic N) is 4. The van der Waals surface area contributed by atoms with Crippen molar-refractivity contribution in [3.05, 3.63) is 30.1 Å². The molecule has 2 aliphatic rings. The maximum Gasteiger partial charge on any atom is 0.303 e. The summed E-state index contributed by atoms with van der Waals surface area (Å²) in [6.07, 6.45) is 6.05. The van der Waals surface area contributed by atoms with Gasteiger partial charge >= 0.3 is 5.97 Å². The summed E-state index contributed by atoms with van der Waals surface area (Å²) in [7, 11) is 1.71. The number of likely N-dealkylation sites (N-methyl/N-ethyl adjacent to an activating group) is 1. The van der Waals surface area contributed by atoms with E-state index in [1.165, 1.54) is 0 Å². The van der Waals surface area contributed by atoms with Gasteiger partial charge in [-0.1, -0.05) is 12.8 Å². The van der Waals surface area contributed by atoms with Gasteiger partial charge in [0.25, 0.3) is 0 Å². The summed E-state index contributed by atoms with van der Waals surface area (Å²) in [5.74, 6) is -0.937. The standard InChI is InChI=1S/C24H32N4O4/c1-17-5-6-18-22(26-17)19(7-11-25-18)28-12-10-24(32,16-28)15-27(2)20(29)13-23(14-21(30)31)8-3-4-9-23/h5-7,11,32H,3-4,8-10,12-16H2,1-2H3,(H,30,31). The van der Waals surface area contributed by atoms with Crippen molar-refractivity contribution in [2.75, 3.05) is 31.6 Å². The molecule has 0 aromatic carbocycles. The predicted octanol–water partition coefficient (Wildman–Crippen LogP) is 2.76. The van der Waals surface area contributed by atoms with Crippen LogP contribution in [0.5, 0.6) is 0 Å². The van der Waals surface area contributed by atoms with E-state index < -0.39 is 17.0 Å². The van der Waals surface area contributed by atoms with E-state index in [0.717, 1.165) is 48.1 Å². The largest absolute Gasteiger partial charge is 0.481 e. The van der Waals surface area contributed by atoms with Crippen molar-refractivity contribution in [1.29, 1.82) is 0 Å². The number of fused-ring (bicyclic) bond motifs is 1. The van der Waals surface area contributed by atoms with Crippen LogP contribution < -0.4 is 4.90 Å². The van der Waals surface area contributed by atoms with Gasteiger partial charge in [0.15, 0.2) is 0 Å². The second kappa shape index (κ2) is 8.65. The number of carbonyl (C=O) groups excluding carboxylic acids is 1. The minimum absolute atomic E-state index is 0.0339. The quantitative estimate of drug-likeness (QED) is 0.682. The molecule has 3 heterocycles. The number of rotatable bonds is 7. The van der Waals surface area contributed by atoms with Gasteiger partial charge in [-0.2, -0.15) is 0 Å². The number of hydrogen-bond acceptors (Lipinski definition) is 6. The van der Waals surface area contributed by atoms with E-state index in [0.29, 0.717) is 19.5 Å². The van der Waals surface area contributed by atoms with Gasteiger partial charge in [0.1, 0.15) is 11.1 Å². The highest BCUT2D eigenvalue weighted by Crippen LogP contribution is 2.44. The number of hydrogen-bond donors (Lipinski definition) is 2. The maximum absolute atomic E-state index is 13.0. The van der Waals surface area contributed by atoms with Gasteiger partial charge in [-0.25, -0.2) is 4.98 Å². The van der Waals surface area contributed by atoms with Crippen molar-refractivity contribution in [1.82, 2.24) is 14.9 Å². The summed E-state index contributed by atoms with van der Waals surface area (Å²) in [6, 6.07) is 5.80. The molecular weight excluding hydrogens is 408 g/mol. The third-order valence-corrected chi connectivity index (χ3v) is 7.05. The van der Waals surface area contributed by atoms with Crippen LogP contribution in [-0.4, -0.2) is 69.2 Å². The topological polar surface area (TPSA) is 107 Å². The molecule has 2 aromatic rings. The summed E-state index contributed by atoms with van der Waals surface area (Å²) < 4.78 is 0. The van der Waals surface area contributed by atoms with Crippen molar-refractivity contribution >= 4 is 28.6 Å². The van der Waals surface area contributed by atoms with E-state index in [1.807, 2.05) is 25.1 Å². The lowest BCUT2D eigenvalue weighted by molar-refractivity contribution is -0.142. The van der Waals surface area contributed by atoms with Gasteiger partial charge in [-0.3, -0.25) is 14.6 Å². The van der Waals surface area contributed by atoms with E-state index in [9.17, 15) is 19.8 Å². The third kappa shape index (κ3) is 4.70. The molecule has 1 atom stereocenters. The molecular formula is C24H32N4O4. The number of carbonyl (C=O) groups is 2. The van der Waals surface area contributed by atoms with Crippen LogP contribution in [0.1, 0.15) is 50.6 Å². The van der Waals surface area contributed by atoms with Crippen LogP contribution >= 0.6 is 0 Å². The molecule has 172 valence electrons. The molecule has 1 amide bonds. The van der Waals surface area contributed by atoms with Gasteiger partial charge in [0, 0.05) is 38.4 Å². The summed E-state index contributed by atoms with van der Waals surface area (Å²) in [5, 5.41) is 20.6. The van der Waals surface area contributed by atoms with Gasteiger partial charge in [-0.15, -0.1) is 0 Å². The number of carboxylic acid groups (broad SMARTS) is 1. The van der Waals surface area contributed by atoms with Crippen molar-refractivity contribution in [3.8, 4) is 0 Å². The van der Waals surface area contributed by atoms with Crippen LogP contribution in [0.4, 0.5) is 5.69 Å². The Morgan fingerprint density at radius 3 is 2.62 bits per heavy atom. The molecule has 8 heteroatoms. The number of carboxylic acids is 1. The fraction of sp³-hybridized carbons (Fsp3) is 0.583. The summed E-state index contributed by atoms with van der Waals surface area (Å²) in [5.41, 5.74) is 2.01. The number of β-amino-alcohol motifs (C(OH)–C–C–N with tert-alkyl or cyclic N) is 1. The molecule has 1 saturated carbocycles. The molecule has 2 fully saturated rings. The Kier molecular flexibility index (Phi) is 6.07. The predicted molar refractivity (Wildman–Crippen MR) is 121 cm³/mol. The number of aliphatic hydroxyl groups is 1.